The maximum absolute atomic E-state index is 13.0. The monoisotopic (exact) mass is 566 g/mol. The number of alkyl halides is 13. The van der Waals surface area contributed by atoms with Gasteiger partial charge in [-0.25, -0.2) is 9.59 Å². The van der Waals surface area contributed by atoms with Gasteiger partial charge in [-0.15, -0.1) is 0 Å². The van der Waals surface area contributed by atoms with E-state index in [9.17, 15) is 66.7 Å². The van der Waals surface area contributed by atoms with Crippen LogP contribution in [0.2, 0.25) is 0 Å². The highest BCUT2D eigenvalue weighted by Crippen LogP contribution is 2.61. The zero-order valence-electron chi connectivity index (χ0n) is 18.1. The van der Waals surface area contributed by atoms with Gasteiger partial charge >= 0.3 is 53.5 Å². The van der Waals surface area contributed by atoms with Gasteiger partial charge in [0.25, 0.3) is 0 Å². The minimum atomic E-state index is -8.03. The van der Waals surface area contributed by atoms with Crippen LogP contribution in [0.4, 0.5) is 57.1 Å². The van der Waals surface area contributed by atoms with Crippen molar-refractivity contribution in [3.05, 3.63) is 24.3 Å². The topological polar surface area (TPSA) is 115 Å². The Balaban J connectivity index is -0.000000742. The number of rotatable bonds is 9. The van der Waals surface area contributed by atoms with Crippen LogP contribution in [0.1, 0.15) is 27.2 Å². The Morgan fingerprint density at radius 2 is 0.778 bits per heavy atom. The molecule has 0 aliphatic heterocycles. The minimum absolute atomic E-state index is 0.0584. The molecule has 6 nitrogen and oxygen atoms in total. The number of hydrogen-bond donors (Lipinski definition) is 4. The molecule has 0 heterocycles. The van der Waals surface area contributed by atoms with Crippen molar-refractivity contribution >= 4 is 11.9 Å². The Morgan fingerprint density at radius 1 is 0.583 bits per heavy atom. The molecule has 36 heavy (non-hydrogen) atoms. The number of carboxylic acids is 2. The molecule has 0 rings (SSSR count). The predicted octanol–water partition coefficient (Wildman–Crippen LogP) is 5.11. The van der Waals surface area contributed by atoms with E-state index in [2.05, 4.69) is 13.2 Å². The van der Waals surface area contributed by atoms with Crippen molar-refractivity contribution in [2.45, 2.75) is 68.8 Å². The predicted molar refractivity (Wildman–Crippen MR) is 93.1 cm³/mol. The molecule has 0 aromatic carbocycles. The number of aliphatic hydroxyl groups is 2. The summed E-state index contributed by atoms with van der Waals surface area (Å²) in [4.78, 5) is 19.2. The number of halogens is 13. The smallest absolute Gasteiger partial charge is 0.400 e. The second-order valence-electron chi connectivity index (χ2n) is 6.69. The van der Waals surface area contributed by atoms with E-state index in [0.717, 1.165) is 0 Å². The van der Waals surface area contributed by atoms with Gasteiger partial charge in [-0.3, -0.25) is 0 Å². The van der Waals surface area contributed by atoms with E-state index in [1.807, 2.05) is 0 Å². The summed E-state index contributed by atoms with van der Waals surface area (Å²) in [7, 11) is 0. The van der Waals surface area contributed by atoms with Gasteiger partial charge in [-0.05, 0) is 13.8 Å². The van der Waals surface area contributed by atoms with Crippen LogP contribution in [-0.4, -0.2) is 73.9 Å². The van der Waals surface area contributed by atoms with Gasteiger partial charge in [-0.2, -0.15) is 57.1 Å². The first-order valence-electron chi connectivity index (χ1n) is 8.53. The number of aliphatic carboxylic acids is 2. The Labute approximate surface area is 193 Å². The van der Waals surface area contributed by atoms with Gasteiger partial charge in [0.2, 0.25) is 0 Å². The van der Waals surface area contributed by atoms with Crippen LogP contribution in [-0.2, 0) is 9.59 Å². The molecule has 0 saturated carbocycles. The molecular formula is C17H19F13O6. The molecule has 0 spiro atoms. The van der Waals surface area contributed by atoms with E-state index in [1.54, 1.807) is 0 Å². The lowest BCUT2D eigenvalue weighted by atomic mass is 9.90. The summed E-state index contributed by atoms with van der Waals surface area (Å²) >= 11 is 0. The molecule has 0 aromatic rings. The Kier molecular flexibility index (Phi) is 12.3. The van der Waals surface area contributed by atoms with E-state index in [0.29, 0.717) is 0 Å². The van der Waals surface area contributed by atoms with Gasteiger partial charge in [0.1, 0.15) is 0 Å². The minimum Gasteiger partial charge on any atom is -0.478 e. The van der Waals surface area contributed by atoms with Gasteiger partial charge in [0.05, 0.1) is 0 Å². The average molecular weight is 566 g/mol. The van der Waals surface area contributed by atoms with Crippen LogP contribution in [0.5, 0.6) is 0 Å². The Hall–Kier alpha value is -2.57. The van der Waals surface area contributed by atoms with Crippen molar-refractivity contribution < 1.29 is 87.1 Å². The first kappa shape index (κ1) is 38.0. The van der Waals surface area contributed by atoms with Gasteiger partial charge in [0.15, 0.2) is 0 Å². The van der Waals surface area contributed by atoms with E-state index in [4.69, 9.17) is 20.4 Å². The number of carboxylic acid groups (broad SMARTS) is 2. The lowest BCUT2D eigenvalue weighted by Gasteiger charge is -2.42. The Bertz CT molecular complexity index is 768. The zero-order chi connectivity index (χ0) is 30.5. The molecular weight excluding hydrogens is 547 g/mol. The van der Waals surface area contributed by atoms with Crippen LogP contribution < -0.4 is 0 Å². The maximum Gasteiger partial charge on any atom is 0.400 e. The van der Waals surface area contributed by atoms with Crippen molar-refractivity contribution in [2.24, 2.45) is 0 Å². The fourth-order valence-electron chi connectivity index (χ4n) is 1.24. The highest BCUT2D eigenvalue weighted by molar-refractivity contribution is 5.85. The molecule has 0 aliphatic rings. The van der Waals surface area contributed by atoms with E-state index in [-0.39, 0.29) is 18.1 Å². The van der Waals surface area contributed by atoms with E-state index in [1.165, 1.54) is 13.8 Å². The standard InChI is InChI=1S/C9H7F13O2.2C4H6O2/c1-2-3(10,11)4(12,13)5(14,15)6(16,17)7(18,19)8(20,21)9(22,23)24;2*1-3(2)4(5)6/h23-24H,2H2,1H3;2*1H2,2H3,(H,5,6). The van der Waals surface area contributed by atoms with Crippen LogP contribution >= 0.6 is 0 Å². The first-order chi connectivity index (χ1) is 15.3. The summed E-state index contributed by atoms with van der Waals surface area (Å²) in [6.07, 6.45) is -2.29. The highest BCUT2D eigenvalue weighted by atomic mass is 19.4. The largest absolute Gasteiger partial charge is 0.478 e. The normalized spacial score (nSPS) is 13.5. The van der Waals surface area contributed by atoms with Crippen molar-refractivity contribution in [1.82, 2.24) is 0 Å². The summed E-state index contributed by atoms with van der Waals surface area (Å²) in [5.74, 6) is -46.5. The molecule has 4 N–H and O–H groups in total. The first-order valence-corrected chi connectivity index (χ1v) is 8.53. The van der Waals surface area contributed by atoms with Crippen molar-refractivity contribution in [1.29, 1.82) is 0 Å². The number of carbonyl (C=O) groups is 2. The molecule has 0 aliphatic carbocycles. The molecule has 0 saturated heterocycles. The van der Waals surface area contributed by atoms with Gasteiger partial charge in [0, 0.05) is 17.6 Å². The van der Waals surface area contributed by atoms with Crippen LogP contribution in [0.15, 0.2) is 24.3 Å². The average Bonchev–Trinajstić information content (AvgIpc) is 2.66. The van der Waals surface area contributed by atoms with Gasteiger partial charge in [-0.1, -0.05) is 20.1 Å². The summed E-state index contributed by atoms with van der Waals surface area (Å²) in [5.41, 5.74) is 0.352. The van der Waals surface area contributed by atoms with Gasteiger partial charge < -0.3 is 20.4 Å². The van der Waals surface area contributed by atoms with Crippen molar-refractivity contribution in [3.8, 4) is 0 Å². The third kappa shape index (κ3) is 7.47. The quantitative estimate of drug-likeness (QED) is 0.175. The lowest BCUT2D eigenvalue weighted by molar-refractivity contribution is -0.473. The number of hydrogen-bond acceptors (Lipinski definition) is 4. The molecule has 0 unspecified atom stereocenters. The fraction of sp³-hybridized carbons (Fsp3) is 0.647. The molecule has 19 heteroatoms. The summed E-state index contributed by atoms with van der Waals surface area (Å²) in [6, 6.07) is -6.57. The molecule has 0 bridgehead atoms. The molecule has 214 valence electrons. The molecule has 0 aromatic heterocycles. The third-order valence-corrected chi connectivity index (χ3v) is 3.61. The molecule has 0 atom stereocenters. The van der Waals surface area contributed by atoms with E-state index >= 15 is 0 Å². The molecule has 0 fully saturated rings. The van der Waals surface area contributed by atoms with Crippen molar-refractivity contribution in [3.63, 3.8) is 0 Å². The SMILES string of the molecule is C=C(C)C(=O)O.C=C(C)C(=O)O.CCC(F)(F)C(F)(F)C(F)(F)C(F)(F)C(F)(F)C(F)(F)C(O)(O)F. The lowest BCUT2D eigenvalue weighted by Crippen LogP contribution is -2.73. The summed E-state index contributed by atoms with van der Waals surface area (Å²) in [5, 5.41) is 31.1. The second kappa shape index (κ2) is 11.7. The zero-order valence-corrected chi connectivity index (χ0v) is 18.1. The second-order valence-corrected chi connectivity index (χ2v) is 6.69. The maximum atomic E-state index is 13.0. The Morgan fingerprint density at radius 3 is 0.944 bits per heavy atom. The highest BCUT2D eigenvalue weighted by Gasteiger charge is 2.92. The molecule has 0 radical (unpaired) electrons. The fourth-order valence-corrected chi connectivity index (χ4v) is 1.24. The van der Waals surface area contributed by atoms with Crippen LogP contribution in [0.3, 0.4) is 0 Å². The van der Waals surface area contributed by atoms with Crippen LogP contribution in [0, 0.1) is 0 Å². The van der Waals surface area contributed by atoms with Crippen LogP contribution in [0.25, 0.3) is 0 Å². The molecule has 0 amide bonds. The van der Waals surface area contributed by atoms with Crippen molar-refractivity contribution in [2.75, 3.05) is 0 Å². The summed E-state index contributed by atoms with van der Waals surface area (Å²) in [6.45, 7) is 9.26. The third-order valence-electron chi connectivity index (χ3n) is 3.61. The summed E-state index contributed by atoms with van der Waals surface area (Å²) < 4.78 is 166. The van der Waals surface area contributed by atoms with E-state index < -0.39 is 59.9 Å².